The number of para-hydroxylation sites is 1. The van der Waals surface area contributed by atoms with Crippen molar-refractivity contribution in [3.05, 3.63) is 29.6 Å². The van der Waals surface area contributed by atoms with E-state index in [0.717, 1.165) is 17.8 Å². The van der Waals surface area contributed by atoms with Gasteiger partial charge in [0.15, 0.2) is 0 Å². The minimum atomic E-state index is -0.428. The van der Waals surface area contributed by atoms with E-state index in [9.17, 15) is 4.79 Å². The van der Waals surface area contributed by atoms with Crippen LogP contribution in [0.2, 0.25) is 0 Å². The maximum Gasteiger partial charge on any atom is 0.250 e. The number of rotatable bonds is 2. The van der Waals surface area contributed by atoms with Crippen molar-refractivity contribution >= 4 is 16.9 Å². The van der Waals surface area contributed by atoms with Crippen LogP contribution in [-0.4, -0.2) is 21.9 Å². The summed E-state index contributed by atoms with van der Waals surface area (Å²) in [7, 11) is 0. The number of H-pyrrole nitrogens is 1. The van der Waals surface area contributed by atoms with Crippen LogP contribution < -0.4 is 11.1 Å². The fourth-order valence-electron chi connectivity index (χ4n) is 3.97. The molecule has 2 fully saturated rings. The zero-order chi connectivity index (χ0) is 13.9. The molecule has 2 bridgehead atoms. The van der Waals surface area contributed by atoms with E-state index in [0.29, 0.717) is 23.0 Å². The molecule has 104 valence electrons. The van der Waals surface area contributed by atoms with Crippen molar-refractivity contribution in [1.29, 1.82) is 0 Å². The van der Waals surface area contributed by atoms with Crippen molar-refractivity contribution in [2.24, 2.45) is 11.7 Å². The molecule has 0 radical (unpaired) electrons. The van der Waals surface area contributed by atoms with Crippen LogP contribution in [0.5, 0.6) is 0 Å². The third-order valence-electron chi connectivity index (χ3n) is 5.03. The average molecular weight is 270 g/mol. The number of aromatic nitrogens is 2. The molecule has 2 aromatic rings. The number of carbonyl (C=O) groups is 1. The monoisotopic (exact) mass is 270 g/mol. The number of fused-ring (bicyclic) bond motifs is 3. The van der Waals surface area contributed by atoms with Crippen molar-refractivity contribution in [2.75, 3.05) is 0 Å². The largest absolute Gasteiger partial charge is 0.366 e. The molecule has 2 aliphatic rings. The molecule has 0 spiro atoms. The minimum absolute atomic E-state index is 0.0569. The minimum Gasteiger partial charge on any atom is -0.366 e. The number of hydrogen-bond donors (Lipinski definition) is 3. The van der Waals surface area contributed by atoms with Crippen LogP contribution in [0.15, 0.2) is 18.2 Å². The maximum absolute atomic E-state index is 11.5. The first-order valence-corrected chi connectivity index (χ1v) is 7.17. The summed E-state index contributed by atoms with van der Waals surface area (Å²) in [5.74, 6) is 1.08. The van der Waals surface area contributed by atoms with Gasteiger partial charge in [0.1, 0.15) is 11.3 Å². The third kappa shape index (κ3) is 1.41. The van der Waals surface area contributed by atoms with E-state index in [2.05, 4.69) is 17.2 Å². The molecular weight excluding hydrogens is 252 g/mol. The lowest BCUT2D eigenvalue weighted by Gasteiger charge is -2.29. The van der Waals surface area contributed by atoms with E-state index < -0.39 is 5.91 Å². The lowest BCUT2D eigenvalue weighted by atomic mass is 9.78. The average Bonchev–Trinajstić information content (AvgIpc) is 3.08. The number of nitrogens with one attached hydrogen (secondary N) is 2. The quantitative estimate of drug-likeness (QED) is 0.775. The number of nitrogens with two attached hydrogens (primary N) is 1. The summed E-state index contributed by atoms with van der Waals surface area (Å²) in [6.45, 7) is 2.27. The number of benzene rings is 1. The van der Waals surface area contributed by atoms with E-state index >= 15 is 0 Å². The van der Waals surface area contributed by atoms with E-state index in [1.54, 1.807) is 6.07 Å². The van der Waals surface area contributed by atoms with Crippen LogP contribution >= 0.6 is 0 Å². The molecule has 1 aromatic carbocycles. The highest BCUT2D eigenvalue weighted by atomic mass is 16.1. The number of carbonyl (C=O) groups excluding carboxylic acids is 1. The van der Waals surface area contributed by atoms with E-state index in [1.165, 1.54) is 12.8 Å². The van der Waals surface area contributed by atoms with E-state index in [1.807, 2.05) is 12.1 Å². The van der Waals surface area contributed by atoms with Gasteiger partial charge in [0.05, 0.1) is 16.6 Å². The Morgan fingerprint density at radius 2 is 2.35 bits per heavy atom. The maximum atomic E-state index is 11.5. The summed E-state index contributed by atoms with van der Waals surface area (Å²) in [6, 6.07) is 6.12. The fourth-order valence-corrected chi connectivity index (χ4v) is 3.97. The Hall–Kier alpha value is -1.88. The molecule has 20 heavy (non-hydrogen) atoms. The van der Waals surface area contributed by atoms with Crippen molar-refractivity contribution in [3.63, 3.8) is 0 Å². The van der Waals surface area contributed by atoms with Gasteiger partial charge in [-0.1, -0.05) is 13.0 Å². The fraction of sp³-hybridized carbons (Fsp3) is 0.467. The molecule has 5 nitrogen and oxygen atoms in total. The third-order valence-corrected chi connectivity index (χ3v) is 5.03. The van der Waals surface area contributed by atoms with Gasteiger partial charge in [-0.3, -0.25) is 4.79 Å². The summed E-state index contributed by atoms with van der Waals surface area (Å²) >= 11 is 0. The SMILES string of the molecule is CC1CC2CCC1(c1nc3c(C(N)=O)cccc3[nH]1)N2. The zero-order valence-corrected chi connectivity index (χ0v) is 11.4. The standard InChI is InChI=1S/C15H18N4O/c1-8-7-9-5-6-15(8,19-9)14-17-11-4-2-3-10(13(16)20)12(11)18-14/h2-4,8-9,19H,5-7H2,1H3,(H2,16,20)(H,17,18). The number of hydrogen-bond acceptors (Lipinski definition) is 3. The summed E-state index contributed by atoms with van der Waals surface area (Å²) in [5.41, 5.74) is 7.44. The van der Waals surface area contributed by atoms with Crippen LogP contribution in [0.1, 0.15) is 42.4 Å². The van der Waals surface area contributed by atoms with Gasteiger partial charge in [-0.15, -0.1) is 0 Å². The number of imidazole rings is 1. The molecule has 5 heteroatoms. The van der Waals surface area contributed by atoms with Gasteiger partial charge in [0.25, 0.3) is 5.91 Å². The van der Waals surface area contributed by atoms with E-state index in [-0.39, 0.29) is 5.54 Å². The molecule has 3 atom stereocenters. The molecule has 2 aliphatic heterocycles. The summed E-state index contributed by atoms with van der Waals surface area (Å²) < 4.78 is 0. The van der Waals surface area contributed by atoms with Gasteiger partial charge in [0, 0.05) is 6.04 Å². The molecule has 4 N–H and O–H groups in total. The second kappa shape index (κ2) is 3.82. The van der Waals surface area contributed by atoms with Crippen molar-refractivity contribution in [2.45, 2.75) is 37.8 Å². The lowest BCUT2D eigenvalue weighted by molar-refractivity contribution is 0.100. The van der Waals surface area contributed by atoms with Crippen LogP contribution in [-0.2, 0) is 5.54 Å². The topological polar surface area (TPSA) is 83.8 Å². The molecular formula is C15H18N4O. The Balaban J connectivity index is 1.90. The Labute approximate surface area is 117 Å². The van der Waals surface area contributed by atoms with Crippen molar-refractivity contribution in [1.82, 2.24) is 15.3 Å². The second-order valence-electron chi connectivity index (χ2n) is 6.14. The molecule has 1 aromatic heterocycles. The van der Waals surface area contributed by atoms with Crippen LogP contribution in [0.25, 0.3) is 11.0 Å². The van der Waals surface area contributed by atoms with Gasteiger partial charge >= 0.3 is 0 Å². The molecule has 0 aliphatic carbocycles. The van der Waals surface area contributed by atoms with Crippen LogP contribution in [0, 0.1) is 5.92 Å². The Morgan fingerprint density at radius 1 is 1.50 bits per heavy atom. The molecule has 3 unspecified atom stereocenters. The Bertz CT molecular complexity index is 707. The van der Waals surface area contributed by atoms with Gasteiger partial charge < -0.3 is 16.0 Å². The van der Waals surface area contributed by atoms with Crippen molar-refractivity contribution < 1.29 is 4.79 Å². The number of aromatic amines is 1. The first-order chi connectivity index (χ1) is 9.60. The highest BCUT2D eigenvalue weighted by Crippen LogP contribution is 2.48. The predicted molar refractivity (Wildman–Crippen MR) is 76.2 cm³/mol. The first kappa shape index (κ1) is 11.9. The molecule has 2 saturated heterocycles. The predicted octanol–water partition coefficient (Wildman–Crippen LogP) is 1.65. The normalized spacial score (nSPS) is 32.0. The van der Waals surface area contributed by atoms with Crippen molar-refractivity contribution in [3.8, 4) is 0 Å². The highest BCUT2D eigenvalue weighted by Gasteiger charge is 2.52. The van der Waals surface area contributed by atoms with Gasteiger partial charge in [0.2, 0.25) is 0 Å². The molecule has 3 heterocycles. The summed E-state index contributed by atoms with van der Waals surface area (Å²) in [4.78, 5) is 19.6. The lowest BCUT2D eigenvalue weighted by Crippen LogP contribution is -2.39. The smallest absolute Gasteiger partial charge is 0.250 e. The first-order valence-electron chi connectivity index (χ1n) is 7.17. The number of amides is 1. The van der Waals surface area contributed by atoms with Gasteiger partial charge in [-0.2, -0.15) is 0 Å². The molecule has 4 rings (SSSR count). The number of primary amides is 1. The summed E-state index contributed by atoms with van der Waals surface area (Å²) in [6.07, 6.45) is 3.49. The Morgan fingerprint density at radius 3 is 3.00 bits per heavy atom. The highest BCUT2D eigenvalue weighted by molar-refractivity contribution is 6.04. The zero-order valence-electron chi connectivity index (χ0n) is 11.4. The second-order valence-corrected chi connectivity index (χ2v) is 6.14. The molecule has 0 saturated carbocycles. The van der Waals surface area contributed by atoms with Gasteiger partial charge in [-0.25, -0.2) is 4.98 Å². The van der Waals surface area contributed by atoms with Crippen LogP contribution in [0.3, 0.4) is 0 Å². The van der Waals surface area contributed by atoms with E-state index in [4.69, 9.17) is 10.7 Å². The van der Waals surface area contributed by atoms with Crippen LogP contribution in [0.4, 0.5) is 0 Å². The Kier molecular flexibility index (Phi) is 2.27. The summed E-state index contributed by atoms with van der Waals surface area (Å²) in [5, 5.41) is 3.71. The van der Waals surface area contributed by atoms with Gasteiger partial charge in [-0.05, 0) is 37.3 Å². The molecule has 1 amide bonds. The number of nitrogens with zero attached hydrogens (tertiary/aromatic N) is 1.